The molecule has 0 spiro atoms. The summed E-state index contributed by atoms with van der Waals surface area (Å²) < 4.78 is 16.9. The van der Waals surface area contributed by atoms with Crippen LogP contribution in [-0.2, 0) is 19.0 Å². The van der Waals surface area contributed by atoms with Crippen LogP contribution in [0.2, 0.25) is 0 Å². The minimum atomic E-state index is -0.524. The highest BCUT2D eigenvalue weighted by atomic mass is 16.7. The van der Waals surface area contributed by atoms with Gasteiger partial charge in [0.25, 0.3) is 0 Å². The molecule has 1 aliphatic rings. The van der Waals surface area contributed by atoms with E-state index < -0.39 is 11.2 Å². The minimum absolute atomic E-state index is 0.0322. The van der Waals surface area contributed by atoms with Gasteiger partial charge in [-0.15, -0.1) is 6.58 Å². The molecule has 1 rings (SSSR count). The van der Waals surface area contributed by atoms with Gasteiger partial charge >= 0.3 is 5.97 Å². The Morgan fingerprint density at radius 1 is 1.22 bits per heavy atom. The molecule has 1 aliphatic heterocycles. The summed E-state index contributed by atoms with van der Waals surface area (Å²) in [6.07, 6.45) is 9.75. The monoisotopic (exact) mass is 324 g/mol. The van der Waals surface area contributed by atoms with Gasteiger partial charge in [-0.25, -0.2) is 0 Å². The van der Waals surface area contributed by atoms with E-state index in [9.17, 15) is 4.79 Å². The Balaban J connectivity index is 2.13. The summed E-state index contributed by atoms with van der Waals surface area (Å²) in [6, 6.07) is 0. The zero-order chi connectivity index (χ0) is 17.5. The Hall–Kier alpha value is -1.13. The van der Waals surface area contributed by atoms with Crippen LogP contribution in [0.4, 0.5) is 0 Å². The molecule has 0 N–H and O–H groups in total. The van der Waals surface area contributed by atoms with Gasteiger partial charge in [0, 0.05) is 0 Å². The molecule has 0 bridgehead atoms. The van der Waals surface area contributed by atoms with Gasteiger partial charge in [0.05, 0.1) is 18.1 Å². The van der Waals surface area contributed by atoms with Gasteiger partial charge in [-0.2, -0.15) is 0 Å². The summed E-state index contributed by atoms with van der Waals surface area (Å²) in [7, 11) is 0. The molecule has 1 heterocycles. The van der Waals surface area contributed by atoms with Crippen LogP contribution in [0.5, 0.6) is 0 Å². The van der Waals surface area contributed by atoms with E-state index in [0.717, 1.165) is 25.7 Å². The zero-order valence-electron chi connectivity index (χ0n) is 15.3. The fourth-order valence-corrected chi connectivity index (χ4v) is 2.36. The van der Waals surface area contributed by atoms with Crippen molar-refractivity contribution in [1.29, 1.82) is 0 Å². The van der Waals surface area contributed by atoms with Crippen molar-refractivity contribution >= 4 is 5.97 Å². The van der Waals surface area contributed by atoms with Crippen molar-refractivity contribution in [3.63, 3.8) is 0 Å². The van der Waals surface area contributed by atoms with Gasteiger partial charge in [-0.3, -0.25) is 4.79 Å². The number of esters is 1. The maximum absolute atomic E-state index is 11.6. The Bertz CT molecular complexity index is 418. The predicted octanol–water partition coefficient (Wildman–Crippen LogP) is 4.40. The van der Waals surface area contributed by atoms with Crippen LogP contribution < -0.4 is 0 Å². The number of allylic oxidation sites excluding steroid dienone is 2. The van der Waals surface area contributed by atoms with E-state index in [0.29, 0.717) is 6.61 Å². The number of hydrogen-bond donors (Lipinski definition) is 0. The van der Waals surface area contributed by atoms with Gasteiger partial charge in [-0.1, -0.05) is 18.2 Å². The first-order valence-corrected chi connectivity index (χ1v) is 8.46. The lowest BCUT2D eigenvalue weighted by Gasteiger charge is -2.16. The Morgan fingerprint density at radius 2 is 1.87 bits per heavy atom. The van der Waals surface area contributed by atoms with Crippen molar-refractivity contribution in [1.82, 2.24) is 0 Å². The van der Waals surface area contributed by atoms with Crippen molar-refractivity contribution in [2.75, 3.05) is 6.61 Å². The van der Waals surface area contributed by atoms with Crippen LogP contribution in [0, 0.1) is 5.41 Å². The second-order valence-electron chi connectivity index (χ2n) is 7.45. The zero-order valence-corrected chi connectivity index (χ0v) is 15.3. The number of carbonyl (C=O) groups is 1. The smallest absolute Gasteiger partial charge is 0.311 e. The molecular formula is C19H32O4. The second-order valence-corrected chi connectivity index (χ2v) is 7.45. The van der Waals surface area contributed by atoms with E-state index in [1.807, 2.05) is 40.7 Å². The first-order valence-electron chi connectivity index (χ1n) is 8.46. The summed E-state index contributed by atoms with van der Waals surface area (Å²) >= 11 is 0. The van der Waals surface area contributed by atoms with Crippen molar-refractivity contribution in [3.05, 3.63) is 24.8 Å². The molecule has 1 fully saturated rings. The molecule has 4 heteroatoms. The Kier molecular flexibility index (Phi) is 7.49. The van der Waals surface area contributed by atoms with Gasteiger partial charge in [0.1, 0.15) is 6.10 Å². The highest BCUT2D eigenvalue weighted by Crippen LogP contribution is 2.31. The van der Waals surface area contributed by atoms with Crippen LogP contribution in [-0.4, -0.2) is 30.6 Å². The quantitative estimate of drug-likeness (QED) is 0.377. The predicted molar refractivity (Wildman–Crippen MR) is 92.0 cm³/mol. The standard InChI is InChI=1S/C19H32O4/c1-7-15-16(23-19(5,6)22-15)13-11-9-8-10-12-14-21-17(20)18(2,3)4/h7-9,15-16H,1,10-14H2,2-6H3/b9-8-/t15-,16-/m0/s1. The molecule has 132 valence electrons. The molecule has 0 unspecified atom stereocenters. The van der Waals surface area contributed by atoms with Crippen LogP contribution >= 0.6 is 0 Å². The molecule has 2 atom stereocenters. The highest BCUT2D eigenvalue weighted by Gasteiger charge is 2.38. The number of hydrogen-bond acceptors (Lipinski definition) is 4. The van der Waals surface area contributed by atoms with E-state index in [1.165, 1.54) is 0 Å². The molecule has 0 aromatic rings. The lowest BCUT2D eigenvalue weighted by molar-refractivity contribution is -0.153. The first kappa shape index (κ1) is 19.9. The maximum atomic E-state index is 11.6. The summed E-state index contributed by atoms with van der Waals surface area (Å²) in [4.78, 5) is 11.6. The van der Waals surface area contributed by atoms with Gasteiger partial charge in [0.15, 0.2) is 5.79 Å². The maximum Gasteiger partial charge on any atom is 0.311 e. The van der Waals surface area contributed by atoms with Crippen LogP contribution in [0.25, 0.3) is 0 Å². The summed E-state index contributed by atoms with van der Waals surface area (Å²) in [5.41, 5.74) is -0.422. The SMILES string of the molecule is C=C[C@@H]1OC(C)(C)O[C@H]1CC/C=C\CCCOC(=O)C(C)(C)C. The average molecular weight is 324 g/mol. The summed E-state index contributed by atoms with van der Waals surface area (Å²) in [6.45, 7) is 13.7. The molecule has 0 saturated carbocycles. The molecule has 0 amide bonds. The van der Waals surface area contributed by atoms with Gasteiger partial charge in [0.2, 0.25) is 0 Å². The topological polar surface area (TPSA) is 44.8 Å². The summed E-state index contributed by atoms with van der Waals surface area (Å²) in [5.74, 6) is -0.664. The second kappa shape index (κ2) is 8.65. The third-order valence-electron chi connectivity index (χ3n) is 3.60. The normalized spacial score (nSPS) is 24.0. The van der Waals surface area contributed by atoms with Crippen molar-refractivity contribution < 1.29 is 19.0 Å². The number of ether oxygens (including phenoxy) is 3. The molecule has 0 aromatic carbocycles. The number of carbonyl (C=O) groups excluding carboxylic acids is 1. The molecule has 23 heavy (non-hydrogen) atoms. The van der Waals surface area contributed by atoms with E-state index >= 15 is 0 Å². The molecule has 0 aromatic heterocycles. The molecule has 1 saturated heterocycles. The molecular weight excluding hydrogens is 292 g/mol. The van der Waals surface area contributed by atoms with E-state index in [2.05, 4.69) is 18.7 Å². The lowest BCUT2D eigenvalue weighted by atomic mass is 9.97. The lowest BCUT2D eigenvalue weighted by Crippen LogP contribution is -2.23. The van der Waals surface area contributed by atoms with Gasteiger partial charge in [-0.05, 0) is 60.3 Å². The van der Waals surface area contributed by atoms with Crippen LogP contribution in [0.15, 0.2) is 24.8 Å². The van der Waals surface area contributed by atoms with E-state index in [1.54, 1.807) is 0 Å². The largest absolute Gasteiger partial charge is 0.465 e. The molecule has 0 radical (unpaired) electrons. The Labute approximate surface area is 140 Å². The fraction of sp³-hybridized carbons (Fsp3) is 0.737. The summed E-state index contributed by atoms with van der Waals surface area (Å²) in [5, 5.41) is 0. The van der Waals surface area contributed by atoms with Crippen molar-refractivity contribution in [3.8, 4) is 0 Å². The number of rotatable bonds is 8. The number of unbranched alkanes of at least 4 members (excludes halogenated alkanes) is 1. The van der Waals surface area contributed by atoms with Crippen LogP contribution in [0.3, 0.4) is 0 Å². The molecule has 4 nitrogen and oxygen atoms in total. The van der Waals surface area contributed by atoms with E-state index in [-0.39, 0.29) is 18.2 Å². The van der Waals surface area contributed by atoms with E-state index in [4.69, 9.17) is 14.2 Å². The third kappa shape index (κ3) is 7.32. The average Bonchev–Trinajstić information content (AvgIpc) is 2.74. The van der Waals surface area contributed by atoms with Crippen molar-refractivity contribution in [2.45, 2.75) is 78.3 Å². The van der Waals surface area contributed by atoms with Crippen LogP contribution in [0.1, 0.15) is 60.3 Å². The first-order chi connectivity index (χ1) is 10.7. The highest BCUT2D eigenvalue weighted by molar-refractivity contribution is 5.75. The minimum Gasteiger partial charge on any atom is -0.465 e. The fourth-order valence-electron chi connectivity index (χ4n) is 2.36. The van der Waals surface area contributed by atoms with Crippen molar-refractivity contribution in [2.24, 2.45) is 5.41 Å². The molecule has 0 aliphatic carbocycles. The van der Waals surface area contributed by atoms with Gasteiger partial charge < -0.3 is 14.2 Å². The Morgan fingerprint density at radius 3 is 2.48 bits per heavy atom. The third-order valence-corrected chi connectivity index (χ3v) is 3.60.